The number of nitrogens with one attached hydrogen (secondary N) is 1. The summed E-state index contributed by atoms with van der Waals surface area (Å²) < 4.78 is 1.00. The molecule has 0 aromatic heterocycles. The van der Waals surface area contributed by atoms with Crippen LogP contribution in [0.1, 0.15) is 41.6 Å². The van der Waals surface area contributed by atoms with Crippen molar-refractivity contribution in [3.63, 3.8) is 0 Å². The van der Waals surface area contributed by atoms with E-state index in [9.17, 15) is 4.79 Å². The molecule has 20 heavy (non-hydrogen) atoms. The second-order valence-electron chi connectivity index (χ2n) is 5.63. The van der Waals surface area contributed by atoms with Gasteiger partial charge in [0, 0.05) is 22.5 Å². The Bertz CT molecular complexity index is 478. The number of halogens is 2. The van der Waals surface area contributed by atoms with Crippen LogP contribution < -0.4 is 5.32 Å². The fourth-order valence-electron chi connectivity index (χ4n) is 2.96. The topological polar surface area (TPSA) is 29.1 Å². The van der Waals surface area contributed by atoms with Crippen LogP contribution >= 0.6 is 27.5 Å². The van der Waals surface area contributed by atoms with Gasteiger partial charge in [-0.2, -0.15) is 0 Å². The van der Waals surface area contributed by atoms with Gasteiger partial charge in [-0.3, -0.25) is 4.79 Å². The smallest absolute Gasteiger partial charge is 0.251 e. The van der Waals surface area contributed by atoms with Crippen LogP contribution in [0.25, 0.3) is 0 Å². The first-order chi connectivity index (χ1) is 9.61. The molecule has 0 saturated heterocycles. The maximum Gasteiger partial charge on any atom is 0.251 e. The lowest BCUT2D eigenvalue weighted by Gasteiger charge is -2.30. The van der Waals surface area contributed by atoms with Crippen LogP contribution in [0.4, 0.5) is 0 Å². The first kappa shape index (κ1) is 15.8. The molecule has 0 bridgehead atoms. The highest BCUT2D eigenvalue weighted by atomic mass is 79.9. The van der Waals surface area contributed by atoms with Crippen LogP contribution in [-0.2, 0) is 0 Å². The van der Waals surface area contributed by atoms with Gasteiger partial charge in [0.2, 0.25) is 0 Å². The van der Waals surface area contributed by atoms with E-state index in [2.05, 4.69) is 21.2 Å². The second kappa shape index (κ2) is 7.46. The molecule has 0 radical (unpaired) electrons. The number of hydrogen-bond donors (Lipinski definition) is 1. The Morgan fingerprint density at radius 2 is 2.05 bits per heavy atom. The van der Waals surface area contributed by atoms with E-state index < -0.39 is 0 Å². The summed E-state index contributed by atoms with van der Waals surface area (Å²) in [5.74, 6) is 1.81. The molecule has 1 aromatic carbocycles. The van der Waals surface area contributed by atoms with Crippen molar-refractivity contribution in [2.45, 2.75) is 32.6 Å². The van der Waals surface area contributed by atoms with Crippen molar-refractivity contribution in [2.24, 2.45) is 11.8 Å². The number of carbonyl (C=O) groups excluding carboxylic acids is 1. The largest absolute Gasteiger partial charge is 0.352 e. The van der Waals surface area contributed by atoms with E-state index in [1.165, 1.54) is 25.7 Å². The van der Waals surface area contributed by atoms with Crippen molar-refractivity contribution >= 4 is 33.4 Å². The van der Waals surface area contributed by atoms with Crippen LogP contribution in [0.3, 0.4) is 0 Å². The average molecular weight is 359 g/mol. The van der Waals surface area contributed by atoms with Gasteiger partial charge < -0.3 is 5.32 Å². The third-order valence-electron chi connectivity index (χ3n) is 4.22. The zero-order valence-corrected chi connectivity index (χ0v) is 14.1. The molecule has 0 heterocycles. The normalized spacial score (nSPS) is 22.6. The minimum absolute atomic E-state index is 0.0221. The Labute approximate surface area is 134 Å². The third kappa shape index (κ3) is 3.98. The van der Waals surface area contributed by atoms with Crippen molar-refractivity contribution in [2.75, 3.05) is 12.4 Å². The van der Waals surface area contributed by atoms with E-state index in [4.69, 9.17) is 11.6 Å². The minimum atomic E-state index is 0.0221. The highest BCUT2D eigenvalue weighted by Crippen LogP contribution is 2.30. The monoisotopic (exact) mass is 357 g/mol. The SMILES string of the molecule is Cc1cc(Br)ccc1C(=O)NCC1CCCCC1CCl. The van der Waals surface area contributed by atoms with Crippen molar-refractivity contribution in [3.8, 4) is 0 Å². The van der Waals surface area contributed by atoms with Gasteiger partial charge in [0.15, 0.2) is 0 Å². The Balaban J connectivity index is 1.94. The Kier molecular flexibility index (Phi) is 5.91. The highest BCUT2D eigenvalue weighted by Gasteiger charge is 2.24. The van der Waals surface area contributed by atoms with Gasteiger partial charge in [0.1, 0.15) is 0 Å². The average Bonchev–Trinajstić information content (AvgIpc) is 2.45. The fraction of sp³-hybridized carbons (Fsp3) is 0.562. The molecule has 1 saturated carbocycles. The zero-order chi connectivity index (χ0) is 14.5. The molecule has 0 aliphatic heterocycles. The molecule has 1 fully saturated rings. The third-order valence-corrected chi connectivity index (χ3v) is 5.11. The molecule has 2 unspecified atom stereocenters. The number of amides is 1. The summed E-state index contributed by atoms with van der Waals surface area (Å²) in [6, 6.07) is 5.75. The van der Waals surface area contributed by atoms with Gasteiger partial charge in [-0.05, 0) is 55.4 Å². The van der Waals surface area contributed by atoms with Gasteiger partial charge in [0.05, 0.1) is 0 Å². The van der Waals surface area contributed by atoms with Crippen molar-refractivity contribution in [3.05, 3.63) is 33.8 Å². The summed E-state index contributed by atoms with van der Waals surface area (Å²) in [4.78, 5) is 12.3. The van der Waals surface area contributed by atoms with E-state index in [0.717, 1.165) is 22.1 Å². The number of aryl methyl sites for hydroxylation is 1. The molecule has 1 aliphatic rings. The fourth-order valence-corrected chi connectivity index (χ4v) is 3.84. The van der Waals surface area contributed by atoms with Crippen LogP contribution in [0, 0.1) is 18.8 Å². The molecular weight excluding hydrogens is 338 g/mol. The molecule has 2 rings (SSSR count). The zero-order valence-electron chi connectivity index (χ0n) is 11.8. The van der Waals surface area contributed by atoms with Gasteiger partial charge in [0.25, 0.3) is 5.91 Å². The Morgan fingerprint density at radius 3 is 2.70 bits per heavy atom. The van der Waals surface area contributed by atoms with E-state index >= 15 is 0 Å². The standard InChI is InChI=1S/C16H21BrClNO/c1-11-8-14(17)6-7-15(11)16(20)19-10-13-5-3-2-4-12(13)9-18/h6-8,12-13H,2-5,9-10H2,1H3,(H,19,20). The minimum Gasteiger partial charge on any atom is -0.352 e. The van der Waals surface area contributed by atoms with Crippen LogP contribution in [0.2, 0.25) is 0 Å². The summed E-state index contributed by atoms with van der Waals surface area (Å²) in [5, 5.41) is 3.08. The van der Waals surface area contributed by atoms with Crippen molar-refractivity contribution < 1.29 is 4.79 Å². The Hall–Kier alpha value is -0.540. The second-order valence-corrected chi connectivity index (χ2v) is 6.85. The van der Waals surface area contributed by atoms with Crippen LogP contribution in [-0.4, -0.2) is 18.3 Å². The molecule has 1 aromatic rings. The summed E-state index contributed by atoms with van der Waals surface area (Å²) in [5.41, 5.74) is 1.75. The molecule has 0 spiro atoms. The number of benzene rings is 1. The number of alkyl halides is 1. The number of hydrogen-bond acceptors (Lipinski definition) is 1. The predicted molar refractivity (Wildman–Crippen MR) is 87.4 cm³/mol. The first-order valence-corrected chi connectivity index (χ1v) is 8.55. The van der Waals surface area contributed by atoms with Crippen molar-refractivity contribution in [1.82, 2.24) is 5.32 Å². The lowest BCUT2D eigenvalue weighted by molar-refractivity contribution is 0.0936. The van der Waals surface area contributed by atoms with E-state index in [1.807, 2.05) is 25.1 Å². The highest BCUT2D eigenvalue weighted by molar-refractivity contribution is 9.10. The van der Waals surface area contributed by atoms with Crippen molar-refractivity contribution in [1.29, 1.82) is 0 Å². The predicted octanol–water partition coefficient (Wildman–Crippen LogP) is 4.53. The lowest BCUT2D eigenvalue weighted by Crippen LogP contribution is -2.35. The molecule has 2 nitrogen and oxygen atoms in total. The first-order valence-electron chi connectivity index (χ1n) is 7.22. The van der Waals surface area contributed by atoms with E-state index in [-0.39, 0.29) is 5.91 Å². The molecule has 110 valence electrons. The maximum atomic E-state index is 12.3. The number of carbonyl (C=O) groups is 1. The quantitative estimate of drug-likeness (QED) is 0.787. The van der Waals surface area contributed by atoms with Gasteiger partial charge >= 0.3 is 0 Å². The molecule has 1 aliphatic carbocycles. The van der Waals surface area contributed by atoms with E-state index in [0.29, 0.717) is 17.7 Å². The number of rotatable bonds is 4. The van der Waals surface area contributed by atoms with Crippen LogP contribution in [0.5, 0.6) is 0 Å². The lowest BCUT2D eigenvalue weighted by atomic mass is 9.80. The summed E-state index contributed by atoms with van der Waals surface area (Å²) >= 11 is 9.45. The summed E-state index contributed by atoms with van der Waals surface area (Å²) in [7, 11) is 0. The molecular formula is C16H21BrClNO. The van der Waals surface area contributed by atoms with Crippen LogP contribution in [0.15, 0.2) is 22.7 Å². The summed E-state index contributed by atoms with van der Waals surface area (Å²) in [6.45, 7) is 2.70. The Morgan fingerprint density at radius 1 is 1.35 bits per heavy atom. The molecule has 2 atom stereocenters. The maximum absolute atomic E-state index is 12.3. The molecule has 1 amide bonds. The van der Waals surface area contributed by atoms with E-state index in [1.54, 1.807) is 0 Å². The van der Waals surface area contributed by atoms with Gasteiger partial charge in [-0.25, -0.2) is 0 Å². The molecule has 1 N–H and O–H groups in total. The van der Waals surface area contributed by atoms with Gasteiger partial charge in [-0.15, -0.1) is 11.6 Å². The van der Waals surface area contributed by atoms with Gasteiger partial charge in [-0.1, -0.05) is 28.8 Å². The summed E-state index contributed by atoms with van der Waals surface area (Å²) in [6.07, 6.45) is 4.90. The molecule has 4 heteroatoms.